The molecule has 20 heavy (non-hydrogen) atoms. The molecule has 2 nitrogen and oxygen atoms in total. The van der Waals surface area contributed by atoms with Crippen LogP contribution in [0.2, 0.25) is 0 Å². The Bertz CT molecular complexity index is 444. The third-order valence-corrected chi connectivity index (χ3v) is 4.93. The molecule has 1 aromatic carbocycles. The maximum absolute atomic E-state index is 14.3. The number of methoxy groups -OCH3 is 1. The summed E-state index contributed by atoms with van der Waals surface area (Å²) in [4.78, 5) is 0. The normalized spacial score (nSPS) is 20.4. The topological polar surface area (TPSA) is 21.3 Å². The number of halogens is 2. The van der Waals surface area contributed by atoms with Crippen LogP contribution in [0.4, 0.5) is 4.39 Å². The lowest BCUT2D eigenvalue weighted by atomic mass is 9.82. The summed E-state index contributed by atoms with van der Waals surface area (Å²) >= 11 is 3.44. The molecule has 0 heterocycles. The summed E-state index contributed by atoms with van der Waals surface area (Å²) in [7, 11) is 3.64. The summed E-state index contributed by atoms with van der Waals surface area (Å²) in [5.74, 6) is -0.173. The van der Waals surface area contributed by atoms with E-state index in [0.29, 0.717) is 5.56 Å². The molecule has 1 atom stereocenters. The number of nitrogens with one attached hydrogen (secondary N) is 1. The van der Waals surface area contributed by atoms with Crippen molar-refractivity contribution in [2.45, 2.75) is 50.2 Å². The highest BCUT2D eigenvalue weighted by molar-refractivity contribution is 9.10. The van der Waals surface area contributed by atoms with Crippen LogP contribution in [-0.2, 0) is 4.74 Å². The van der Waals surface area contributed by atoms with Gasteiger partial charge >= 0.3 is 0 Å². The Morgan fingerprint density at radius 3 is 2.45 bits per heavy atom. The van der Waals surface area contributed by atoms with Crippen LogP contribution in [0, 0.1) is 5.82 Å². The van der Waals surface area contributed by atoms with E-state index in [1.165, 1.54) is 18.9 Å². The summed E-state index contributed by atoms with van der Waals surface area (Å²) in [6.45, 7) is 0. The second-order valence-electron chi connectivity index (χ2n) is 5.57. The van der Waals surface area contributed by atoms with Crippen LogP contribution in [0.5, 0.6) is 0 Å². The molecule has 1 aliphatic rings. The fraction of sp³-hybridized carbons (Fsp3) is 0.625. The monoisotopic (exact) mass is 343 g/mol. The third-order valence-electron chi connectivity index (χ3n) is 4.44. The van der Waals surface area contributed by atoms with Gasteiger partial charge in [-0.3, -0.25) is 0 Å². The molecule has 2 rings (SSSR count). The largest absolute Gasteiger partial charge is 0.376 e. The highest BCUT2D eigenvalue weighted by Gasteiger charge is 2.40. The lowest BCUT2D eigenvalue weighted by Gasteiger charge is -2.39. The Morgan fingerprint density at radius 2 is 1.90 bits per heavy atom. The zero-order chi connectivity index (χ0) is 14.6. The van der Waals surface area contributed by atoms with Crippen LogP contribution in [-0.4, -0.2) is 19.8 Å². The molecule has 0 radical (unpaired) electrons. The van der Waals surface area contributed by atoms with Crippen molar-refractivity contribution in [1.82, 2.24) is 5.32 Å². The minimum Gasteiger partial charge on any atom is -0.376 e. The molecule has 1 aromatic rings. The molecule has 0 saturated heterocycles. The van der Waals surface area contributed by atoms with Gasteiger partial charge in [0.05, 0.1) is 11.6 Å². The van der Waals surface area contributed by atoms with Crippen LogP contribution < -0.4 is 5.32 Å². The number of hydrogen-bond acceptors (Lipinski definition) is 2. The van der Waals surface area contributed by atoms with E-state index in [1.54, 1.807) is 13.2 Å². The van der Waals surface area contributed by atoms with E-state index in [0.717, 1.165) is 30.2 Å². The lowest BCUT2D eigenvalue weighted by Crippen LogP contribution is -2.44. The van der Waals surface area contributed by atoms with Crippen LogP contribution in [0.1, 0.15) is 50.1 Å². The molecule has 1 unspecified atom stereocenters. The van der Waals surface area contributed by atoms with Gasteiger partial charge in [-0.25, -0.2) is 4.39 Å². The molecule has 0 spiro atoms. The molecule has 0 amide bonds. The quantitative estimate of drug-likeness (QED) is 0.807. The first-order chi connectivity index (χ1) is 9.63. The molecule has 112 valence electrons. The molecule has 0 bridgehead atoms. The van der Waals surface area contributed by atoms with Crippen molar-refractivity contribution in [3.63, 3.8) is 0 Å². The van der Waals surface area contributed by atoms with Crippen LogP contribution in [0.3, 0.4) is 0 Å². The van der Waals surface area contributed by atoms with Crippen LogP contribution in [0.15, 0.2) is 22.7 Å². The summed E-state index contributed by atoms with van der Waals surface area (Å²) in [5.41, 5.74) is 0.373. The van der Waals surface area contributed by atoms with Gasteiger partial charge in [-0.1, -0.05) is 41.6 Å². The van der Waals surface area contributed by atoms with E-state index in [9.17, 15) is 4.39 Å². The van der Waals surface area contributed by atoms with E-state index in [1.807, 2.05) is 13.1 Å². The average Bonchev–Trinajstić information content (AvgIpc) is 2.70. The molecule has 4 heteroatoms. The number of likely N-dealkylation sites (N-methyl/N-ethyl adjacent to an activating group) is 1. The van der Waals surface area contributed by atoms with Crippen molar-refractivity contribution in [1.29, 1.82) is 0 Å². The van der Waals surface area contributed by atoms with Gasteiger partial charge in [-0.2, -0.15) is 0 Å². The van der Waals surface area contributed by atoms with Gasteiger partial charge in [0.2, 0.25) is 0 Å². The van der Waals surface area contributed by atoms with E-state index < -0.39 is 0 Å². The summed E-state index contributed by atoms with van der Waals surface area (Å²) in [6.07, 6.45) is 6.70. The highest BCUT2D eigenvalue weighted by Crippen LogP contribution is 2.41. The zero-order valence-corrected chi connectivity index (χ0v) is 13.8. The molecule has 1 fully saturated rings. The molecule has 0 aliphatic heterocycles. The van der Waals surface area contributed by atoms with Gasteiger partial charge < -0.3 is 10.1 Å². The Kier molecular flexibility index (Phi) is 5.58. The van der Waals surface area contributed by atoms with Crippen molar-refractivity contribution < 1.29 is 9.13 Å². The predicted octanol–water partition coefficient (Wildman–Crippen LogP) is 4.59. The fourth-order valence-electron chi connectivity index (χ4n) is 3.38. The van der Waals surface area contributed by atoms with Gasteiger partial charge in [0.1, 0.15) is 5.82 Å². The summed E-state index contributed by atoms with van der Waals surface area (Å²) in [5, 5.41) is 3.29. The third kappa shape index (κ3) is 3.23. The van der Waals surface area contributed by atoms with E-state index in [4.69, 9.17) is 4.74 Å². The maximum Gasteiger partial charge on any atom is 0.128 e. The van der Waals surface area contributed by atoms with Crippen molar-refractivity contribution >= 4 is 15.9 Å². The van der Waals surface area contributed by atoms with E-state index in [-0.39, 0.29) is 17.5 Å². The number of rotatable bonds is 4. The number of benzene rings is 1. The zero-order valence-electron chi connectivity index (χ0n) is 12.2. The van der Waals surface area contributed by atoms with Crippen LogP contribution >= 0.6 is 15.9 Å². The highest BCUT2D eigenvalue weighted by atomic mass is 79.9. The lowest BCUT2D eigenvalue weighted by molar-refractivity contribution is -0.0530. The van der Waals surface area contributed by atoms with Gasteiger partial charge in [-0.05, 0) is 38.1 Å². The first kappa shape index (κ1) is 15.9. The molecule has 1 aliphatic carbocycles. The summed E-state index contributed by atoms with van der Waals surface area (Å²) < 4.78 is 21.1. The maximum atomic E-state index is 14.3. The van der Waals surface area contributed by atoms with E-state index in [2.05, 4.69) is 21.2 Å². The van der Waals surface area contributed by atoms with Crippen LogP contribution in [0.25, 0.3) is 0 Å². The van der Waals surface area contributed by atoms with Crippen molar-refractivity contribution in [2.24, 2.45) is 0 Å². The number of ether oxygens (including phenoxy) is 1. The second-order valence-corrected chi connectivity index (χ2v) is 6.49. The Hall–Kier alpha value is -0.450. The fourth-order valence-corrected chi connectivity index (χ4v) is 3.75. The molecule has 1 saturated carbocycles. The Balaban J connectivity index is 2.40. The standard InChI is InChI=1S/C16H23BrFNO/c1-19-15(13-11-12(17)7-8-14(13)18)16(20-2)9-5-3-4-6-10-16/h7-8,11,15,19H,3-6,9-10H2,1-2H3. The Morgan fingerprint density at radius 1 is 1.25 bits per heavy atom. The van der Waals surface area contributed by atoms with Gasteiger partial charge in [-0.15, -0.1) is 0 Å². The molecule has 0 aromatic heterocycles. The smallest absolute Gasteiger partial charge is 0.128 e. The van der Waals surface area contributed by atoms with Crippen molar-refractivity contribution in [3.8, 4) is 0 Å². The van der Waals surface area contributed by atoms with E-state index >= 15 is 0 Å². The molecular weight excluding hydrogens is 321 g/mol. The second kappa shape index (κ2) is 7.01. The molecular formula is C16H23BrFNO. The van der Waals surface area contributed by atoms with Crippen molar-refractivity contribution in [3.05, 3.63) is 34.1 Å². The predicted molar refractivity (Wildman–Crippen MR) is 83.3 cm³/mol. The number of hydrogen-bond donors (Lipinski definition) is 1. The first-order valence-corrected chi connectivity index (χ1v) is 8.09. The summed E-state index contributed by atoms with van der Waals surface area (Å²) in [6, 6.07) is 4.99. The molecule has 1 N–H and O–H groups in total. The van der Waals surface area contributed by atoms with Gasteiger partial charge in [0.25, 0.3) is 0 Å². The first-order valence-electron chi connectivity index (χ1n) is 7.30. The van der Waals surface area contributed by atoms with Gasteiger partial charge in [0, 0.05) is 17.1 Å². The van der Waals surface area contributed by atoms with Gasteiger partial charge in [0.15, 0.2) is 0 Å². The van der Waals surface area contributed by atoms with Crippen molar-refractivity contribution in [2.75, 3.05) is 14.2 Å². The minimum atomic E-state index is -0.313. The SMILES string of the molecule is CNC(c1cc(Br)ccc1F)C1(OC)CCCCCC1. The Labute approximate surface area is 129 Å². The average molecular weight is 344 g/mol. The minimum absolute atomic E-state index is 0.122.